The molecule has 0 radical (unpaired) electrons. The Morgan fingerprint density at radius 3 is 2.45 bits per heavy atom. The molecule has 3 nitrogen and oxygen atoms in total. The van der Waals surface area contributed by atoms with E-state index in [9.17, 15) is 4.79 Å². The minimum absolute atomic E-state index is 0.0930. The lowest BCUT2D eigenvalue weighted by molar-refractivity contribution is -0.135. The van der Waals surface area contributed by atoms with E-state index in [1.807, 2.05) is 36.1 Å². The van der Waals surface area contributed by atoms with Crippen molar-refractivity contribution >= 4 is 11.7 Å². The summed E-state index contributed by atoms with van der Waals surface area (Å²) in [5.74, 6) is 0.0275. The molecule has 20 heavy (non-hydrogen) atoms. The van der Waals surface area contributed by atoms with Gasteiger partial charge in [0.05, 0.1) is 0 Å². The van der Waals surface area contributed by atoms with Crippen molar-refractivity contribution in [2.24, 2.45) is 5.92 Å². The molecule has 1 fully saturated rings. The number of anilines is 1. The molecule has 2 rings (SSSR count). The van der Waals surface area contributed by atoms with Crippen LogP contribution in [-0.2, 0) is 4.79 Å². The molecule has 1 aromatic carbocycles. The van der Waals surface area contributed by atoms with Gasteiger partial charge in [-0.05, 0) is 31.4 Å². The molecule has 0 heterocycles. The monoisotopic (exact) mass is 275 g/mol. The molecule has 1 aliphatic rings. The van der Waals surface area contributed by atoms with Crippen molar-refractivity contribution in [3.8, 4) is 0 Å². The van der Waals surface area contributed by atoms with Crippen molar-refractivity contribution in [2.75, 3.05) is 18.0 Å². The Labute approximate surface area is 121 Å². The highest BCUT2D eigenvalue weighted by Gasteiger charge is 2.16. The van der Waals surface area contributed by atoms with Crippen molar-refractivity contribution < 1.29 is 9.90 Å². The second-order valence-electron chi connectivity index (χ2n) is 5.94. The molecule has 1 N–H and O–H groups in total. The number of carbonyl (C=O) groups is 1. The van der Waals surface area contributed by atoms with Gasteiger partial charge < -0.3 is 10.0 Å². The summed E-state index contributed by atoms with van der Waals surface area (Å²) in [5, 5.41) is 9.10. The van der Waals surface area contributed by atoms with Gasteiger partial charge in [0.1, 0.15) is 6.54 Å². The molecule has 3 heteroatoms. The van der Waals surface area contributed by atoms with Crippen LogP contribution in [-0.4, -0.2) is 24.2 Å². The second kappa shape index (κ2) is 7.32. The Hall–Kier alpha value is -1.51. The summed E-state index contributed by atoms with van der Waals surface area (Å²) in [6.07, 6.45) is 7.79. The molecule has 1 aliphatic carbocycles. The fourth-order valence-corrected chi connectivity index (χ4v) is 3.03. The van der Waals surface area contributed by atoms with Crippen LogP contribution in [0, 0.1) is 12.8 Å². The average molecular weight is 275 g/mol. The number of aliphatic carboxylic acids is 1. The SMILES string of the molecule is Cc1ccc(N(CCC2CCCCC2)CC(=O)O)cc1. The minimum atomic E-state index is -0.755. The van der Waals surface area contributed by atoms with Gasteiger partial charge in [-0.3, -0.25) is 4.79 Å². The zero-order valence-electron chi connectivity index (χ0n) is 12.3. The third-order valence-corrected chi connectivity index (χ3v) is 4.26. The fraction of sp³-hybridized carbons (Fsp3) is 0.588. The smallest absolute Gasteiger partial charge is 0.323 e. The van der Waals surface area contributed by atoms with Crippen LogP contribution in [0.5, 0.6) is 0 Å². The lowest BCUT2D eigenvalue weighted by Crippen LogP contribution is -2.31. The summed E-state index contributed by atoms with van der Waals surface area (Å²) in [4.78, 5) is 13.1. The first kappa shape index (κ1) is 14.9. The number of benzene rings is 1. The summed E-state index contributed by atoms with van der Waals surface area (Å²) in [6, 6.07) is 8.15. The van der Waals surface area contributed by atoms with Gasteiger partial charge in [0, 0.05) is 12.2 Å². The zero-order valence-corrected chi connectivity index (χ0v) is 12.3. The highest BCUT2D eigenvalue weighted by atomic mass is 16.4. The molecular formula is C17H25NO2. The molecule has 0 aromatic heterocycles. The van der Waals surface area contributed by atoms with E-state index in [1.54, 1.807) is 0 Å². The normalized spacial score (nSPS) is 16.1. The molecule has 1 saturated carbocycles. The molecule has 0 atom stereocenters. The van der Waals surface area contributed by atoms with Crippen LogP contribution in [0.15, 0.2) is 24.3 Å². The average Bonchev–Trinajstić information content (AvgIpc) is 2.45. The molecule has 0 amide bonds. The first-order valence-electron chi connectivity index (χ1n) is 7.68. The van der Waals surface area contributed by atoms with Crippen LogP contribution in [0.1, 0.15) is 44.1 Å². The number of hydrogen-bond acceptors (Lipinski definition) is 2. The number of aryl methyl sites for hydroxylation is 1. The standard InChI is InChI=1S/C17H25NO2/c1-14-7-9-16(10-8-14)18(13-17(19)20)12-11-15-5-3-2-4-6-15/h7-10,15H,2-6,11-13H2,1H3,(H,19,20). The van der Waals surface area contributed by atoms with E-state index in [4.69, 9.17) is 5.11 Å². The number of carboxylic acid groups (broad SMARTS) is 1. The van der Waals surface area contributed by atoms with Crippen molar-refractivity contribution in [2.45, 2.75) is 45.4 Å². The Morgan fingerprint density at radius 1 is 1.20 bits per heavy atom. The Bertz CT molecular complexity index is 421. The van der Waals surface area contributed by atoms with Gasteiger partial charge in [0.25, 0.3) is 0 Å². The minimum Gasteiger partial charge on any atom is -0.480 e. The van der Waals surface area contributed by atoms with Crippen molar-refractivity contribution in [3.63, 3.8) is 0 Å². The van der Waals surface area contributed by atoms with Gasteiger partial charge in [0.15, 0.2) is 0 Å². The van der Waals surface area contributed by atoms with Crippen LogP contribution >= 0.6 is 0 Å². The fourth-order valence-electron chi connectivity index (χ4n) is 3.03. The number of rotatable bonds is 6. The topological polar surface area (TPSA) is 40.5 Å². The molecular weight excluding hydrogens is 250 g/mol. The van der Waals surface area contributed by atoms with E-state index in [-0.39, 0.29) is 6.54 Å². The number of hydrogen-bond donors (Lipinski definition) is 1. The summed E-state index contributed by atoms with van der Waals surface area (Å²) < 4.78 is 0. The van der Waals surface area contributed by atoms with E-state index in [1.165, 1.54) is 37.7 Å². The number of nitrogens with zero attached hydrogens (tertiary/aromatic N) is 1. The van der Waals surface area contributed by atoms with Gasteiger partial charge in [-0.25, -0.2) is 0 Å². The molecule has 110 valence electrons. The first-order valence-corrected chi connectivity index (χ1v) is 7.68. The summed E-state index contributed by atoms with van der Waals surface area (Å²) in [7, 11) is 0. The predicted octanol–water partition coefficient (Wildman–Crippen LogP) is 3.86. The lowest BCUT2D eigenvalue weighted by Gasteiger charge is -2.27. The van der Waals surface area contributed by atoms with E-state index < -0.39 is 5.97 Å². The van der Waals surface area contributed by atoms with Gasteiger partial charge in [0.2, 0.25) is 0 Å². The van der Waals surface area contributed by atoms with Gasteiger partial charge in [-0.15, -0.1) is 0 Å². The Balaban J connectivity index is 1.95. The van der Waals surface area contributed by atoms with E-state index in [0.717, 1.165) is 24.6 Å². The van der Waals surface area contributed by atoms with Crippen LogP contribution in [0.2, 0.25) is 0 Å². The summed E-state index contributed by atoms with van der Waals surface area (Å²) in [5.41, 5.74) is 2.23. The lowest BCUT2D eigenvalue weighted by atomic mass is 9.87. The van der Waals surface area contributed by atoms with Gasteiger partial charge in [-0.2, -0.15) is 0 Å². The van der Waals surface area contributed by atoms with Crippen molar-refractivity contribution in [1.29, 1.82) is 0 Å². The van der Waals surface area contributed by atoms with E-state index in [0.29, 0.717) is 0 Å². The van der Waals surface area contributed by atoms with Gasteiger partial charge >= 0.3 is 5.97 Å². The molecule has 0 spiro atoms. The van der Waals surface area contributed by atoms with Crippen molar-refractivity contribution in [1.82, 2.24) is 0 Å². The molecule has 0 aliphatic heterocycles. The van der Waals surface area contributed by atoms with Crippen molar-refractivity contribution in [3.05, 3.63) is 29.8 Å². The third-order valence-electron chi connectivity index (χ3n) is 4.26. The maximum Gasteiger partial charge on any atom is 0.323 e. The maximum atomic E-state index is 11.1. The zero-order chi connectivity index (χ0) is 14.4. The third kappa shape index (κ3) is 4.55. The summed E-state index contributed by atoms with van der Waals surface area (Å²) in [6.45, 7) is 2.99. The molecule has 0 unspecified atom stereocenters. The second-order valence-corrected chi connectivity index (χ2v) is 5.94. The Morgan fingerprint density at radius 2 is 1.85 bits per heavy atom. The van der Waals surface area contributed by atoms with Crippen LogP contribution < -0.4 is 4.90 Å². The summed E-state index contributed by atoms with van der Waals surface area (Å²) >= 11 is 0. The van der Waals surface area contributed by atoms with Gasteiger partial charge in [-0.1, -0.05) is 49.8 Å². The van der Waals surface area contributed by atoms with Crippen LogP contribution in [0.3, 0.4) is 0 Å². The number of carboxylic acids is 1. The highest BCUT2D eigenvalue weighted by molar-refractivity contribution is 5.73. The van der Waals surface area contributed by atoms with Crippen LogP contribution in [0.25, 0.3) is 0 Å². The Kier molecular flexibility index (Phi) is 5.45. The van der Waals surface area contributed by atoms with Crippen LogP contribution in [0.4, 0.5) is 5.69 Å². The van der Waals surface area contributed by atoms with E-state index in [2.05, 4.69) is 0 Å². The molecule has 0 saturated heterocycles. The first-order chi connectivity index (χ1) is 9.65. The predicted molar refractivity (Wildman–Crippen MR) is 82.2 cm³/mol. The maximum absolute atomic E-state index is 11.1. The quantitative estimate of drug-likeness (QED) is 0.857. The largest absolute Gasteiger partial charge is 0.480 e. The van der Waals surface area contributed by atoms with E-state index >= 15 is 0 Å². The molecule has 1 aromatic rings. The molecule has 0 bridgehead atoms. The highest BCUT2D eigenvalue weighted by Crippen LogP contribution is 2.27.